The predicted octanol–water partition coefficient (Wildman–Crippen LogP) is 4.01. The number of nitrogens with one attached hydrogen (secondary N) is 1. The smallest absolute Gasteiger partial charge is 0.124 e. The van der Waals surface area contributed by atoms with Gasteiger partial charge in [-0.2, -0.15) is 0 Å². The molecule has 0 amide bonds. The van der Waals surface area contributed by atoms with Crippen molar-refractivity contribution in [3.8, 4) is 0 Å². The Morgan fingerprint density at radius 3 is 2.76 bits per heavy atom. The molecule has 0 spiro atoms. The van der Waals surface area contributed by atoms with Gasteiger partial charge in [-0.25, -0.2) is 4.39 Å². The van der Waals surface area contributed by atoms with Crippen molar-refractivity contribution in [3.63, 3.8) is 0 Å². The molecule has 0 saturated carbocycles. The van der Waals surface area contributed by atoms with Crippen LogP contribution in [0, 0.1) is 5.82 Å². The lowest BCUT2D eigenvalue weighted by Gasteiger charge is -2.18. The summed E-state index contributed by atoms with van der Waals surface area (Å²) in [6, 6.07) is 11.1. The molecule has 1 unspecified atom stereocenters. The lowest BCUT2D eigenvalue weighted by Crippen LogP contribution is -2.19. The minimum Gasteiger partial charge on any atom is -0.372 e. The number of fused-ring (bicyclic) bond motifs is 1. The fourth-order valence-electron chi connectivity index (χ4n) is 2.70. The average Bonchev–Trinajstić information content (AvgIpc) is 2.94. The van der Waals surface area contributed by atoms with Crippen molar-refractivity contribution in [2.75, 3.05) is 7.05 Å². The number of ether oxygens (including phenoxy) is 1. The second-order valence-corrected chi connectivity index (χ2v) is 5.71. The highest BCUT2D eigenvalue weighted by Gasteiger charge is 2.17. The van der Waals surface area contributed by atoms with E-state index in [1.165, 1.54) is 28.8 Å². The summed E-state index contributed by atoms with van der Waals surface area (Å²) in [6.45, 7) is 1.38. The van der Waals surface area contributed by atoms with E-state index < -0.39 is 0 Å². The summed E-state index contributed by atoms with van der Waals surface area (Å²) in [7, 11) is 1.92. The molecule has 0 aromatic heterocycles. The van der Waals surface area contributed by atoms with Crippen molar-refractivity contribution in [2.24, 2.45) is 0 Å². The standard InChI is InChI=1S/C17H17ClFNO/c1-20-17(7-11-4-5-15(19)8-16(11)18)12-2-3-13-9-21-10-14(13)6-12/h2-6,8,17,20H,7,9-10H2,1H3. The van der Waals surface area contributed by atoms with Gasteiger partial charge in [0.15, 0.2) is 0 Å². The Kier molecular flexibility index (Phi) is 4.24. The van der Waals surface area contributed by atoms with E-state index >= 15 is 0 Å². The van der Waals surface area contributed by atoms with Crippen LogP contribution in [0.1, 0.15) is 28.3 Å². The molecule has 2 aromatic rings. The molecule has 0 radical (unpaired) electrons. The van der Waals surface area contributed by atoms with Gasteiger partial charge < -0.3 is 10.1 Å². The molecular formula is C17H17ClFNO. The van der Waals surface area contributed by atoms with Gasteiger partial charge in [-0.3, -0.25) is 0 Å². The van der Waals surface area contributed by atoms with Gasteiger partial charge >= 0.3 is 0 Å². The van der Waals surface area contributed by atoms with E-state index in [0.29, 0.717) is 18.2 Å². The summed E-state index contributed by atoms with van der Waals surface area (Å²) >= 11 is 6.12. The van der Waals surface area contributed by atoms with Crippen LogP contribution in [-0.4, -0.2) is 7.05 Å². The Balaban J connectivity index is 1.85. The highest BCUT2D eigenvalue weighted by molar-refractivity contribution is 6.31. The molecule has 1 atom stereocenters. The Morgan fingerprint density at radius 1 is 1.19 bits per heavy atom. The third kappa shape index (κ3) is 3.10. The molecule has 3 rings (SSSR count). The molecule has 0 bridgehead atoms. The summed E-state index contributed by atoms with van der Waals surface area (Å²) in [5.41, 5.74) is 4.64. The number of benzene rings is 2. The quantitative estimate of drug-likeness (QED) is 0.921. The summed E-state index contributed by atoms with van der Waals surface area (Å²) in [5, 5.41) is 3.78. The van der Waals surface area contributed by atoms with E-state index in [1.54, 1.807) is 6.07 Å². The first-order chi connectivity index (χ1) is 10.2. The van der Waals surface area contributed by atoms with E-state index in [1.807, 2.05) is 7.05 Å². The second kappa shape index (κ2) is 6.14. The van der Waals surface area contributed by atoms with E-state index in [0.717, 1.165) is 12.0 Å². The number of halogens is 2. The highest BCUT2D eigenvalue weighted by Crippen LogP contribution is 2.27. The maximum Gasteiger partial charge on any atom is 0.124 e. The van der Waals surface area contributed by atoms with Crippen LogP contribution in [-0.2, 0) is 24.4 Å². The summed E-state index contributed by atoms with van der Waals surface area (Å²) < 4.78 is 18.6. The van der Waals surface area contributed by atoms with E-state index in [-0.39, 0.29) is 11.9 Å². The summed E-state index contributed by atoms with van der Waals surface area (Å²) in [6.07, 6.45) is 0.718. The van der Waals surface area contributed by atoms with Crippen LogP contribution in [0.3, 0.4) is 0 Å². The molecule has 1 heterocycles. The Labute approximate surface area is 128 Å². The minimum absolute atomic E-state index is 0.138. The predicted molar refractivity (Wildman–Crippen MR) is 81.8 cm³/mol. The van der Waals surface area contributed by atoms with Crippen LogP contribution >= 0.6 is 11.6 Å². The molecule has 2 nitrogen and oxygen atoms in total. The summed E-state index contributed by atoms with van der Waals surface area (Å²) in [4.78, 5) is 0. The molecule has 0 saturated heterocycles. The third-order valence-electron chi connectivity index (χ3n) is 3.94. The summed E-state index contributed by atoms with van der Waals surface area (Å²) in [5.74, 6) is -0.306. The maximum absolute atomic E-state index is 13.1. The van der Waals surface area contributed by atoms with Crippen molar-refractivity contribution in [1.82, 2.24) is 5.32 Å². The molecule has 21 heavy (non-hydrogen) atoms. The zero-order valence-corrected chi connectivity index (χ0v) is 12.6. The van der Waals surface area contributed by atoms with Gasteiger partial charge in [-0.1, -0.05) is 35.9 Å². The Hall–Kier alpha value is -1.42. The molecule has 0 aliphatic carbocycles. The van der Waals surface area contributed by atoms with E-state index in [4.69, 9.17) is 16.3 Å². The van der Waals surface area contributed by atoms with Crippen LogP contribution < -0.4 is 5.32 Å². The maximum atomic E-state index is 13.1. The van der Waals surface area contributed by atoms with Crippen LogP contribution in [0.5, 0.6) is 0 Å². The van der Waals surface area contributed by atoms with Gasteiger partial charge in [0.1, 0.15) is 5.82 Å². The van der Waals surface area contributed by atoms with Gasteiger partial charge in [0, 0.05) is 11.1 Å². The molecule has 4 heteroatoms. The topological polar surface area (TPSA) is 21.3 Å². The van der Waals surface area contributed by atoms with Crippen molar-refractivity contribution in [3.05, 3.63) is 69.5 Å². The van der Waals surface area contributed by atoms with Gasteiger partial charge in [0.2, 0.25) is 0 Å². The lowest BCUT2D eigenvalue weighted by molar-refractivity contribution is 0.134. The molecule has 0 fully saturated rings. The lowest BCUT2D eigenvalue weighted by atomic mass is 9.96. The van der Waals surface area contributed by atoms with Crippen LogP contribution in [0.15, 0.2) is 36.4 Å². The molecule has 1 aliphatic rings. The number of hydrogen-bond acceptors (Lipinski definition) is 2. The SMILES string of the molecule is CNC(Cc1ccc(F)cc1Cl)c1ccc2c(c1)COC2. The number of hydrogen-bond donors (Lipinski definition) is 1. The minimum atomic E-state index is -0.306. The zero-order valence-electron chi connectivity index (χ0n) is 11.8. The number of likely N-dealkylation sites (N-methyl/N-ethyl adjacent to an activating group) is 1. The van der Waals surface area contributed by atoms with Gasteiger partial charge in [0.05, 0.1) is 13.2 Å². The van der Waals surface area contributed by atoms with E-state index in [9.17, 15) is 4.39 Å². The van der Waals surface area contributed by atoms with Crippen molar-refractivity contribution < 1.29 is 9.13 Å². The first-order valence-corrected chi connectivity index (χ1v) is 7.36. The van der Waals surface area contributed by atoms with Gasteiger partial charge in [-0.15, -0.1) is 0 Å². The Bertz CT molecular complexity index is 659. The molecule has 2 aromatic carbocycles. The normalized spacial score (nSPS) is 15.0. The molecule has 1 aliphatic heterocycles. The van der Waals surface area contributed by atoms with Crippen molar-refractivity contribution >= 4 is 11.6 Å². The zero-order chi connectivity index (χ0) is 14.8. The van der Waals surface area contributed by atoms with Gasteiger partial charge in [-0.05, 0) is 47.9 Å². The molecular weight excluding hydrogens is 289 g/mol. The van der Waals surface area contributed by atoms with Gasteiger partial charge in [0.25, 0.3) is 0 Å². The fraction of sp³-hybridized carbons (Fsp3) is 0.294. The van der Waals surface area contributed by atoms with Crippen LogP contribution in [0.2, 0.25) is 5.02 Å². The molecule has 110 valence electrons. The number of rotatable bonds is 4. The first kappa shape index (κ1) is 14.5. The van der Waals surface area contributed by atoms with Crippen LogP contribution in [0.25, 0.3) is 0 Å². The van der Waals surface area contributed by atoms with Crippen molar-refractivity contribution in [2.45, 2.75) is 25.7 Å². The third-order valence-corrected chi connectivity index (χ3v) is 4.29. The Morgan fingerprint density at radius 2 is 2.00 bits per heavy atom. The van der Waals surface area contributed by atoms with Crippen molar-refractivity contribution in [1.29, 1.82) is 0 Å². The second-order valence-electron chi connectivity index (χ2n) is 5.30. The average molecular weight is 306 g/mol. The monoisotopic (exact) mass is 305 g/mol. The fourth-order valence-corrected chi connectivity index (χ4v) is 2.95. The largest absolute Gasteiger partial charge is 0.372 e. The first-order valence-electron chi connectivity index (χ1n) is 6.98. The highest BCUT2D eigenvalue weighted by atomic mass is 35.5. The molecule has 1 N–H and O–H groups in total. The van der Waals surface area contributed by atoms with Crippen LogP contribution in [0.4, 0.5) is 4.39 Å². The van der Waals surface area contributed by atoms with E-state index in [2.05, 4.69) is 23.5 Å².